The quantitative estimate of drug-likeness (QED) is 0.159. The molecule has 2 heterocycles. The molecule has 0 bridgehead atoms. The van der Waals surface area contributed by atoms with Gasteiger partial charge in [-0.3, -0.25) is 0 Å². The zero-order valence-corrected chi connectivity index (χ0v) is 40.9. The first-order chi connectivity index (χ1) is 36.7. The second kappa shape index (κ2) is 15.9. The van der Waals surface area contributed by atoms with Crippen LogP contribution in [0.3, 0.4) is 0 Å². The van der Waals surface area contributed by atoms with E-state index in [0.29, 0.717) is 0 Å². The molecular weight excluding hydrogens is 915 g/mol. The van der Waals surface area contributed by atoms with Crippen LogP contribution in [0.4, 0.5) is 17.1 Å². The van der Waals surface area contributed by atoms with Crippen LogP contribution in [0.25, 0.3) is 96.6 Å². The summed E-state index contributed by atoms with van der Waals surface area (Å²) in [4.78, 5) is 2.45. The number of hydrogen-bond donors (Lipinski definition) is 0. The fourth-order valence-electron chi connectivity index (χ4n) is 13.0. The molecule has 3 heteroatoms. The number of anilines is 3. The highest BCUT2D eigenvalue weighted by atomic mass is 32.1. The Morgan fingerprint density at radius 1 is 0.297 bits per heavy atom. The summed E-state index contributed by atoms with van der Waals surface area (Å²) in [7, 11) is 0. The molecule has 2 nitrogen and oxygen atoms in total. The molecule has 1 aliphatic heterocycles. The molecule has 0 amide bonds. The molecule has 0 fully saturated rings. The van der Waals surface area contributed by atoms with Crippen LogP contribution >= 0.6 is 11.3 Å². The van der Waals surface area contributed by atoms with Gasteiger partial charge in [0.25, 0.3) is 0 Å². The van der Waals surface area contributed by atoms with E-state index in [9.17, 15) is 0 Å². The Morgan fingerprint density at radius 2 is 0.797 bits per heavy atom. The number of ether oxygens (including phenoxy) is 1. The third kappa shape index (κ3) is 5.76. The van der Waals surface area contributed by atoms with Gasteiger partial charge in [0.05, 0.1) is 11.1 Å². The average Bonchev–Trinajstić information content (AvgIpc) is 4.00. The number of nitrogens with zero attached hydrogens (tertiary/aromatic N) is 1. The third-order valence-electron chi connectivity index (χ3n) is 16.1. The highest BCUT2D eigenvalue weighted by molar-refractivity contribution is 7.25. The number of benzene rings is 13. The minimum atomic E-state index is -0.731. The maximum Gasteiger partial charge on any atom is 0.140 e. The standard InChI is InChI=1S/C71H43NOS/c1-2-19-44(20-3-1)49-23-13-16-35-64(49)72(48-38-40-66-61(43-48)55-29-14-17-36-65(55)74-66)47-22-18-21-45(41-47)46-37-39-63-60(42-46)54-28-12-15-34-62(54)71(63)67-56-30-8-4-24-50(56)52-26-6-10-32-58(52)69(67)73-70-59-33-11-7-27-53(59)51-25-5-9-31-57(51)68(70)71/h1-43H. The molecule has 16 rings (SSSR count). The van der Waals surface area contributed by atoms with Crippen LogP contribution in [0.5, 0.6) is 11.5 Å². The van der Waals surface area contributed by atoms with Gasteiger partial charge in [0, 0.05) is 59.0 Å². The summed E-state index contributed by atoms with van der Waals surface area (Å²) in [5.74, 6) is 1.85. The van der Waals surface area contributed by atoms with Gasteiger partial charge in [0.1, 0.15) is 11.5 Å². The molecule has 1 spiro atoms. The summed E-state index contributed by atoms with van der Waals surface area (Å²) in [6.45, 7) is 0. The number of hydrogen-bond acceptors (Lipinski definition) is 3. The Bertz CT molecular complexity index is 4540. The Kier molecular flexibility index (Phi) is 8.86. The van der Waals surface area contributed by atoms with Crippen molar-refractivity contribution in [3.63, 3.8) is 0 Å². The van der Waals surface area contributed by atoms with E-state index in [1.54, 1.807) is 0 Å². The normalized spacial score (nSPS) is 13.1. The van der Waals surface area contributed by atoms with Gasteiger partial charge in [-0.1, -0.05) is 212 Å². The molecule has 13 aromatic carbocycles. The van der Waals surface area contributed by atoms with Crippen LogP contribution in [0, 0.1) is 0 Å². The van der Waals surface area contributed by atoms with Crippen molar-refractivity contribution in [3.8, 4) is 44.9 Å². The van der Waals surface area contributed by atoms with Crippen LogP contribution in [0.1, 0.15) is 22.3 Å². The smallest absolute Gasteiger partial charge is 0.140 e. The summed E-state index contributed by atoms with van der Waals surface area (Å²) in [6, 6.07) is 96.5. The molecule has 14 aromatic rings. The molecule has 0 unspecified atom stereocenters. The first-order valence-corrected chi connectivity index (χ1v) is 26.3. The lowest BCUT2D eigenvalue weighted by Crippen LogP contribution is -2.33. The molecule has 1 aromatic heterocycles. The molecule has 0 radical (unpaired) electrons. The third-order valence-corrected chi connectivity index (χ3v) is 17.2. The largest absolute Gasteiger partial charge is 0.455 e. The van der Waals surface area contributed by atoms with E-state index in [-0.39, 0.29) is 0 Å². The number of fused-ring (bicyclic) bond motifs is 22. The van der Waals surface area contributed by atoms with Crippen molar-refractivity contribution in [2.75, 3.05) is 4.90 Å². The van der Waals surface area contributed by atoms with Crippen molar-refractivity contribution in [2.24, 2.45) is 0 Å². The second-order valence-corrected chi connectivity index (χ2v) is 20.9. The van der Waals surface area contributed by atoms with E-state index in [1.165, 1.54) is 97.0 Å². The molecule has 74 heavy (non-hydrogen) atoms. The van der Waals surface area contributed by atoms with E-state index >= 15 is 0 Å². The lowest BCUT2D eigenvalue weighted by atomic mass is 9.63. The van der Waals surface area contributed by atoms with Crippen LogP contribution in [-0.2, 0) is 5.41 Å². The highest BCUT2D eigenvalue weighted by Crippen LogP contribution is 2.67. The molecule has 0 saturated carbocycles. The SMILES string of the molecule is c1ccc(-c2ccccc2N(c2cccc(-c3ccc4c(c3)-c3ccccc3C43c4c(c5ccccc5c5ccccc45)Oc4c3c3ccccc3c3ccccc43)c2)c2ccc3sc4ccccc4c3c2)cc1. The summed E-state index contributed by atoms with van der Waals surface area (Å²) in [5, 5.41) is 12.0. The van der Waals surface area contributed by atoms with Gasteiger partial charge in [-0.15, -0.1) is 11.3 Å². The van der Waals surface area contributed by atoms with Crippen molar-refractivity contribution in [1.82, 2.24) is 0 Å². The fraction of sp³-hybridized carbons (Fsp3) is 0.0141. The fourth-order valence-corrected chi connectivity index (χ4v) is 14.1. The van der Waals surface area contributed by atoms with Crippen LogP contribution in [0.2, 0.25) is 0 Å². The van der Waals surface area contributed by atoms with Crippen molar-refractivity contribution in [2.45, 2.75) is 5.41 Å². The first-order valence-electron chi connectivity index (χ1n) is 25.5. The summed E-state index contributed by atoms with van der Waals surface area (Å²) in [6.07, 6.45) is 0. The van der Waals surface area contributed by atoms with Crippen LogP contribution in [-0.4, -0.2) is 0 Å². The monoisotopic (exact) mass is 957 g/mol. The topological polar surface area (TPSA) is 12.5 Å². The minimum Gasteiger partial charge on any atom is -0.455 e. The van der Waals surface area contributed by atoms with Crippen molar-refractivity contribution in [3.05, 3.63) is 283 Å². The maximum atomic E-state index is 7.61. The molecule has 344 valence electrons. The van der Waals surface area contributed by atoms with Gasteiger partial charge in [-0.25, -0.2) is 0 Å². The Morgan fingerprint density at radius 3 is 1.50 bits per heavy atom. The summed E-state index contributed by atoms with van der Waals surface area (Å²) in [5.41, 5.74) is 14.7. The Labute approximate surface area is 432 Å². The van der Waals surface area contributed by atoms with Gasteiger partial charge in [-0.05, 0) is 120 Å². The molecule has 1 aliphatic carbocycles. The predicted octanol–water partition coefficient (Wildman–Crippen LogP) is 19.9. The second-order valence-electron chi connectivity index (χ2n) is 19.8. The lowest BCUT2D eigenvalue weighted by Gasteiger charge is -2.42. The van der Waals surface area contributed by atoms with Gasteiger partial charge >= 0.3 is 0 Å². The van der Waals surface area contributed by atoms with E-state index in [1.807, 2.05) is 11.3 Å². The van der Waals surface area contributed by atoms with E-state index in [2.05, 4.69) is 266 Å². The predicted molar refractivity (Wildman–Crippen MR) is 312 cm³/mol. The van der Waals surface area contributed by atoms with Crippen molar-refractivity contribution < 1.29 is 4.74 Å². The van der Waals surface area contributed by atoms with Crippen molar-refractivity contribution >= 4 is 91.7 Å². The average molecular weight is 958 g/mol. The molecule has 0 saturated heterocycles. The van der Waals surface area contributed by atoms with Crippen LogP contribution < -0.4 is 9.64 Å². The Balaban J connectivity index is 0.956. The van der Waals surface area contributed by atoms with E-state index < -0.39 is 5.41 Å². The van der Waals surface area contributed by atoms with Gasteiger partial charge in [0.2, 0.25) is 0 Å². The highest BCUT2D eigenvalue weighted by Gasteiger charge is 2.53. The first kappa shape index (κ1) is 41.3. The molecular formula is C71H43NOS. The zero-order chi connectivity index (χ0) is 48.5. The van der Waals surface area contributed by atoms with Gasteiger partial charge in [-0.2, -0.15) is 0 Å². The van der Waals surface area contributed by atoms with Gasteiger partial charge < -0.3 is 9.64 Å². The molecule has 0 N–H and O–H groups in total. The lowest BCUT2D eigenvalue weighted by molar-refractivity contribution is 0.451. The van der Waals surface area contributed by atoms with E-state index in [0.717, 1.165) is 50.5 Å². The van der Waals surface area contributed by atoms with E-state index in [4.69, 9.17) is 4.74 Å². The minimum absolute atomic E-state index is 0.731. The van der Waals surface area contributed by atoms with Gasteiger partial charge in [0.15, 0.2) is 0 Å². The number of rotatable bonds is 5. The molecule has 2 aliphatic rings. The molecule has 0 atom stereocenters. The van der Waals surface area contributed by atoms with Crippen molar-refractivity contribution in [1.29, 1.82) is 0 Å². The number of para-hydroxylation sites is 1. The maximum absolute atomic E-state index is 7.61. The number of thiophene rings is 1. The summed E-state index contributed by atoms with van der Waals surface area (Å²) < 4.78 is 10.2. The summed E-state index contributed by atoms with van der Waals surface area (Å²) >= 11 is 1.85. The zero-order valence-electron chi connectivity index (χ0n) is 40.1. The Hall–Kier alpha value is -9.28. The van der Waals surface area contributed by atoms with Crippen LogP contribution in [0.15, 0.2) is 261 Å².